The largest absolute Gasteiger partial charge is 0.356 e. The van der Waals surface area contributed by atoms with Gasteiger partial charge in [0.05, 0.1) is 0 Å². The van der Waals surface area contributed by atoms with Gasteiger partial charge >= 0.3 is 0 Å². The SMILES string of the molecule is O=C(CCCSc1nnc(NCc2ccccc2)s1)c1ccccc1. The summed E-state index contributed by atoms with van der Waals surface area (Å²) in [7, 11) is 0. The fourth-order valence-corrected chi connectivity index (χ4v) is 4.03. The number of carbonyl (C=O) groups excluding carboxylic acids is 1. The van der Waals surface area contributed by atoms with Crippen LogP contribution < -0.4 is 5.32 Å². The molecule has 4 nitrogen and oxygen atoms in total. The van der Waals surface area contributed by atoms with Crippen LogP contribution in [0.25, 0.3) is 0 Å². The van der Waals surface area contributed by atoms with E-state index in [-0.39, 0.29) is 5.78 Å². The summed E-state index contributed by atoms with van der Waals surface area (Å²) in [6.45, 7) is 0.742. The minimum atomic E-state index is 0.198. The molecule has 1 heterocycles. The van der Waals surface area contributed by atoms with Crippen LogP contribution in [0.2, 0.25) is 0 Å². The topological polar surface area (TPSA) is 54.9 Å². The zero-order valence-electron chi connectivity index (χ0n) is 13.7. The van der Waals surface area contributed by atoms with Crippen LogP contribution in [-0.4, -0.2) is 21.7 Å². The van der Waals surface area contributed by atoms with Crippen LogP contribution in [0, 0.1) is 0 Å². The van der Waals surface area contributed by atoms with Gasteiger partial charge in [-0.3, -0.25) is 4.79 Å². The van der Waals surface area contributed by atoms with Crippen LogP contribution in [0.3, 0.4) is 0 Å². The Morgan fingerprint density at radius 1 is 1.00 bits per heavy atom. The molecule has 3 rings (SSSR count). The zero-order chi connectivity index (χ0) is 17.3. The van der Waals surface area contributed by atoms with Gasteiger partial charge in [0.2, 0.25) is 5.13 Å². The number of nitrogens with one attached hydrogen (secondary N) is 1. The van der Waals surface area contributed by atoms with Crippen molar-refractivity contribution in [1.82, 2.24) is 10.2 Å². The van der Waals surface area contributed by atoms with Crippen molar-refractivity contribution < 1.29 is 4.79 Å². The molecule has 1 N–H and O–H groups in total. The average molecular weight is 370 g/mol. The number of nitrogens with zero attached hydrogens (tertiary/aromatic N) is 2. The normalized spacial score (nSPS) is 10.6. The molecule has 0 saturated heterocycles. The van der Waals surface area contributed by atoms with Gasteiger partial charge < -0.3 is 5.32 Å². The van der Waals surface area contributed by atoms with Gasteiger partial charge in [0, 0.05) is 24.3 Å². The standard InChI is InChI=1S/C19H19N3OS2/c23-17(16-10-5-2-6-11-16)12-7-13-24-19-22-21-18(25-19)20-14-15-8-3-1-4-9-15/h1-6,8-11H,7,12-14H2,(H,20,21). The summed E-state index contributed by atoms with van der Waals surface area (Å²) in [6, 6.07) is 19.7. The molecule has 0 fully saturated rings. The summed E-state index contributed by atoms with van der Waals surface area (Å²) in [5, 5.41) is 12.5. The van der Waals surface area contributed by atoms with Crippen molar-refractivity contribution in [3.63, 3.8) is 0 Å². The molecule has 0 atom stereocenters. The Morgan fingerprint density at radius 3 is 2.48 bits per heavy atom. The first-order valence-electron chi connectivity index (χ1n) is 8.13. The third-order valence-electron chi connectivity index (χ3n) is 3.56. The van der Waals surface area contributed by atoms with Gasteiger partial charge in [0.25, 0.3) is 0 Å². The van der Waals surface area contributed by atoms with Crippen molar-refractivity contribution in [1.29, 1.82) is 0 Å². The molecule has 0 spiro atoms. The maximum atomic E-state index is 12.0. The summed E-state index contributed by atoms with van der Waals surface area (Å²) >= 11 is 3.20. The molecule has 2 aromatic carbocycles. The smallest absolute Gasteiger partial charge is 0.206 e. The Labute approximate surface area is 155 Å². The zero-order valence-corrected chi connectivity index (χ0v) is 15.4. The van der Waals surface area contributed by atoms with Crippen molar-refractivity contribution in [3.05, 3.63) is 71.8 Å². The van der Waals surface area contributed by atoms with Crippen LogP contribution in [0.5, 0.6) is 0 Å². The Morgan fingerprint density at radius 2 is 1.72 bits per heavy atom. The fourth-order valence-electron chi connectivity index (χ4n) is 2.27. The predicted octanol–water partition coefficient (Wildman–Crippen LogP) is 4.91. The summed E-state index contributed by atoms with van der Waals surface area (Å²) in [6.07, 6.45) is 1.40. The first-order valence-corrected chi connectivity index (χ1v) is 9.94. The van der Waals surface area contributed by atoms with Crippen molar-refractivity contribution >= 4 is 34.0 Å². The maximum absolute atomic E-state index is 12.0. The molecule has 0 amide bonds. The van der Waals surface area contributed by atoms with Crippen LogP contribution in [-0.2, 0) is 6.54 Å². The van der Waals surface area contributed by atoms with E-state index < -0.39 is 0 Å². The first-order chi connectivity index (χ1) is 12.3. The number of thioether (sulfide) groups is 1. The number of ketones is 1. The van der Waals surface area contributed by atoms with E-state index in [1.54, 1.807) is 23.1 Å². The van der Waals surface area contributed by atoms with Gasteiger partial charge in [-0.05, 0) is 12.0 Å². The van der Waals surface area contributed by atoms with Gasteiger partial charge in [0.15, 0.2) is 10.1 Å². The molecule has 0 aliphatic heterocycles. The molecule has 0 aliphatic rings. The molecular formula is C19H19N3OS2. The molecule has 1 aromatic heterocycles. The van der Waals surface area contributed by atoms with E-state index in [2.05, 4.69) is 27.6 Å². The quantitative estimate of drug-likeness (QED) is 0.330. The molecule has 0 aliphatic carbocycles. The van der Waals surface area contributed by atoms with Gasteiger partial charge in [-0.2, -0.15) is 0 Å². The van der Waals surface area contributed by atoms with Gasteiger partial charge in [-0.1, -0.05) is 83.8 Å². The highest BCUT2D eigenvalue weighted by atomic mass is 32.2. The minimum Gasteiger partial charge on any atom is -0.356 e. The Hall–Kier alpha value is -2.18. The summed E-state index contributed by atoms with van der Waals surface area (Å²) < 4.78 is 0.933. The summed E-state index contributed by atoms with van der Waals surface area (Å²) in [5.41, 5.74) is 2.00. The van der Waals surface area contributed by atoms with Crippen LogP contribution >= 0.6 is 23.1 Å². The fraction of sp³-hybridized carbons (Fsp3) is 0.211. The number of aromatic nitrogens is 2. The van der Waals surface area contributed by atoms with Crippen LogP contribution in [0.15, 0.2) is 65.0 Å². The third-order valence-corrected chi connectivity index (χ3v) is 5.66. The molecule has 0 unspecified atom stereocenters. The monoisotopic (exact) mass is 369 g/mol. The van der Waals surface area contributed by atoms with Crippen molar-refractivity contribution in [3.8, 4) is 0 Å². The molecule has 0 radical (unpaired) electrons. The van der Waals surface area contributed by atoms with Gasteiger partial charge in [-0.15, -0.1) is 10.2 Å². The maximum Gasteiger partial charge on any atom is 0.206 e. The lowest BCUT2D eigenvalue weighted by Gasteiger charge is -2.01. The van der Waals surface area contributed by atoms with E-state index in [1.165, 1.54) is 5.56 Å². The number of benzene rings is 2. The molecule has 128 valence electrons. The first kappa shape index (κ1) is 17.6. The third kappa shape index (κ3) is 5.69. The van der Waals surface area contributed by atoms with Gasteiger partial charge in [-0.25, -0.2) is 0 Å². The van der Waals surface area contributed by atoms with Crippen LogP contribution in [0.1, 0.15) is 28.8 Å². The lowest BCUT2D eigenvalue weighted by molar-refractivity contribution is 0.0982. The summed E-state index contributed by atoms with van der Waals surface area (Å²) in [5.74, 6) is 1.06. The number of Topliss-reactive ketones (excluding diaryl/α,β-unsaturated/α-hetero) is 1. The summed E-state index contributed by atoms with van der Waals surface area (Å²) in [4.78, 5) is 12.0. The molecule has 25 heavy (non-hydrogen) atoms. The Kier molecular flexibility index (Phi) is 6.59. The Bertz CT molecular complexity index is 791. The van der Waals surface area contributed by atoms with E-state index >= 15 is 0 Å². The lowest BCUT2D eigenvalue weighted by atomic mass is 10.1. The molecule has 3 aromatic rings. The van der Waals surface area contributed by atoms with E-state index in [1.807, 2.05) is 48.5 Å². The molecule has 0 saturated carbocycles. The highest BCUT2D eigenvalue weighted by molar-refractivity contribution is 8.01. The average Bonchev–Trinajstić information content (AvgIpc) is 3.13. The van der Waals surface area contributed by atoms with Gasteiger partial charge in [0.1, 0.15) is 0 Å². The molecule has 0 bridgehead atoms. The number of anilines is 1. The lowest BCUT2D eigenvalue weighted by Crippen LogP contribution is -1.98. The second-order valence-corrected chi connectivity index (χ2v) is 7.77. The van der Waals surface area contributed by atoms with E-state index in [0.717, 1.165) is 33.8 Å². The van der Waals surface area contributed by atoms with Crippen molar-refractivity contribution in [2.24, 2.45) is 0 Å². The van der Waals surface area contributed by atoms with E-state index in [4.69, 9.17) is 0 Å². The number of hydrogen-bond donors (Lipinski definition) is 1. The molecule has 6 heteroatoms. The van der Waals surface area contributed by atoms with Crippen molar-refractivity contribution in [2.75, 3.05) is 11.1 Å². The number of rotatable bonds is 9. The number of hydrogen-bond acceptors (Lipinski definition) is 6. The highest BCUT2D eigenvalue weighted by Crippen LogP contribution is 2.26. The van der Waals surface area contributed by atoms with Crippen molar-refractivity contribution in [2.45, 2.75) is 23.7 Å². The van der Waals surface area contributed by atoms with E-state index in [9.17, 15) is 4.79 Å². The highest BCUT2D eigenvalue weighted by Gasteiger charge is 2.07. The predicted molar refractivity (Wildman–Crippen MR) is 104 cm³/mol. The number of carbonyl (C=O) groups is 1. The second kappa shape index (κ2) is 9.34. The van der Waals surface area contributed by atoms with Crippen LogP contribution in [0.4, 0.5) is 5.13 Å². The second-order valence-electron chi connectivity index (χ2n) is 5.45. The van der Waals surface area contributed by atoms with E-state index in [0.29, 0.717) is 6.42 Å². The molecular weight excluding hydrogens is 350 g/mol. The Balaban J connectivity index is 1.38. The minimum absolute atomic E-state index is 0.198.